The molecular formula is C15H20N2Se. The second kappa shape index (κ2) is 7.50. The average molecular weight is 307 g/mol. The Kier molecular flexibility index (Phi) is 5.63. The van der Waals surface area contributed by atoms with Crippen molar-refractivity contribution in [1.82, 2.24) is 10.2 Å². The molecule has 0 bridgehead atoms. The van der Waals surface area contributed by atoms with E-state index >= 15 is 0 Å². The third kappa shape index (κ3) is 4.40. The molecule has 3 heteroatoms. The molecule has 0 N–H and O–H groups in total. The van der Waals surface area contributed by atoms with E-state index in [4.69, 9.17) is 0 Å². The summed E-state index contributed by atoms with van der Waals surface area (Å²) < 4.78 is 2.61. The van der Waals surface area contributed by atoms with Crippen molar-refractivity contribution in [3.05, 3.63) is 45.0 Å². The predicted molar refractivity (Wildman–Crippen MR) is 76.1 cm³/mol. The molecule has 0 saturated heterocycles. The van der Waals surface area contributed by atoms with Gasteiger partial charge in [-0.05, 0) is 0 Å². The van der Waals surface area contributed by atoms with E-state index < -0.39 is 0 Å². The Hall–Kier alpha value is -0.921. The van der Waals surface area contributed by atoms with Crippen LogP contribution in [0.4, 0.5) is 0 Å². The first kappa shape index (κ1) is 13.5. The summed E-state index contributed by atoms with van der Waals surface area (Å²) in [4.78, 5) is 0. The van der Waals surface area contributed by atoms with E-state index in [-0.39, 0.29) is 0 Å². The maximum absolute atomic E-state index is 4.34. The monoisotopic (exact) mass is 308 g/mol. The van der Waals surface area contributed by atoms with E-state index in [9.17, 15) is 0 Å². The summed E-state index contributed by atoms with van der Waals surface area (Å²) in [5.74, 6) is 0. The molecule has 1 aromatic carbocycles. The fraction of sp³-hybridized carbons (Fsp3) is 0.467. The zero-order valence-electron chi connectivity index (χ0n) is 10.9. The molecule has 0 amide bonds. The number of unbranched alkanes of at least 4 members (excludes halogenated alkanes) is 3. The van der Waals surface area contributed by atoms with Crippen molar-refractivity contribution in [3.8, 4) is 0 Å². The number of aryl methyl sites for hydroxylation is 1. The molecule has 96 valence electrons. The van der Waals surface area contributed by atoms with Crippen molar-refractivity contribution in [2.75, 3.05) is 0 Å². The minimum absolute atomic E-state index is 0.405. The number of hydrogen-bond donors (Lipinski definition) is 0. The molecular weight excluding hydrogens is 287 g/mol. The summed E-state index contributed by atoms with van der Waals surface area (Å²) in [5.41, 5.74) is 1.35. The van der Waals surface area contributed by atoms with Crippen LogP contribution in [0.2, 0.25) is 0 Å². The summed E-state index contributed by atoms with van der Waals surface area (Å²) in [6.45, 7) is 2.25. The third-order valence-electron chi connectivity index (χ3n) is 2.95. The molecule has 1 aromatic heterocycles. The first-order valence-electron chi connectivity index (χ1n) is 6.73. The van der Waals surface area contributed by atoms with Crippen molar-refractivity contribution in [2.24, 2.45) is 0 Å². The van der Waals surface area contributed by atoms with Gasteiger partial charge in [-0.3, -0.25) is 0 Å². The standard InChI is InChI=1S/C15H20N2Se/c1-2-3-4-8-11-14-16-17-15(18-14)12-13-9-6-5-7-10-13/h5-7,9-10H,2-4,8,11-12H2,1H3. The van der Waals surface area contributed by atoms with Crippen LogP contribution < -0.4 is 0 Å². The second-order valence-electron chi connectivity index (χ2n) is 4.56. The SMILES string of the molecule is CCCCCCc1nnc(Cc2ccccc2)[se]1. The molecule has 0 spiro atoms. The van der Waals surface area contributed by atoms with Crippen LogP contribution in [0.1, 0.15) is 47.3 Å². The van der Waals surface area contributed by atoms with E-state index in [1.54, 1.807) is 0 Å². The third-order valence-corrected chi connectivity index (χ3v) is 5.01. The normalized spacial score (nSPS) is 10.7. The van der Waals surface area contributed by atoms with E-state index in [2.05, 4.69) is 47.5 Å². The van der Waals surface area contributed by atoms with Crippen LogP contribution in [0, 0.1) is 0 Å². The van der Waals surface area contributed by atoms with Crippen LogP contribution in [0.3, 0.4) is 0 Å². The van der Waals surface area contributed by atoms with Gasteiger partial charge in [-0.2, -0.15) is 0 Å². The fourth-order valence-corrected chi connectivity index (χ4v) is 3.87. The van der Waals surface area contributed by atoms with Gasteiger partial charge in [0.25, 0.3) is 0 Å². The molecule has 0 aliphatic heterocycles. The summed E-state index contributed by atoms with van der Waals surface area (Å²) in [6.07, 6.45) is 7.39. The van der Waals surface area contributed by atoms with Crippen LogP contribution in [0.25, 0.3) is 0 Å². The van der Waals surface area contributed by atoms with Gasteiger partial charge in [0.1, 0.15) is 0 Å². The van der Waals surface area contributed by atoms with Crippen molar-refractivity contribution in [2.45, 2.75) is 45.4 Å². The Labute approximate surface area is 115 Å². The van der Waals surface area contributed by atoms with Gasteiger partial charge >= 0.3 is 115 Å². The molecule has 0 atom stereocenters. The molecule has 0 fully saturated rings. The fourth-order valence-electron chi connectivity index (χ4n) is 1.93. The summed E-state index contributed by atoms with van der Waals surface area (Å²) in [6, 6.07) is 10.6. The molecule has 2 nitrogen and oxygen atoms in total. The Morgan fingerprint density at radius 2 is 1.72 bits per heavy atom. The number of hydrogen-bond acceptors (Lipinski definition) is 2. The van der Waals surface area contributed by atoms with Gasteiger partial charge < -0.3 is 0 Å². The number of benzene rings is 1. The zero-order chi connectivity index (χ0) is 12.6. The number of aromatic nitrogens is 2. The van der Waals surface area contributed by atoms with Crippen LogP contribution in [-0.4, -0.2) is 24.7 Å². The van der Waals surface area contributed by atoms with Gasteiger partial charge in [-0.15, -0.1) is 0 Å². The Bertz CT molecular complexity index is 451. The average Bonchev–Trinajstić information content (AvgIpc) is 2.84. The van der Waals surface area contributed by atoms with E-state index in [1.165, 1.54) is 40.4 Å². The van der Waals surface area contributed by atoms with Crippen molar-refractivity contribution >= 4 is 14.5 Å². The van der Waals surface area contributed by atoms with Gasteiger partial charge in [-0.25, -0.2) is 0 Å². The maximum atomic E-state index is 4.34. The van der Waals surface area contributed by atoms with E-state index in [1.807, 2.05) is 0 Å². The van der Waals surface area contributed by atoms with Crippen molar-refractivity contribution < 1.29 is 0 Å². The topological polar surface area (TPSA) is 25.8 Å². The van der Waals surface area contributed by atoms with E-state index in [0.717, 1.165) is 12.8 Å². The molecule has 0 unspecified atom stereocenters. The zero-order valence-corrected chi connectivity index (χ0v) is 12.6. The van der Waals surface area contributed by atoms with Crippen LogP contribution in [0.15, 0.2) is 30.3 Å². The quantitative estimate of drug-likeness (QED) is 0.580. The molecule has 0 aliphatic rings. The summed E-state index contributed by atoms with van der Waals surface area (Å²) in [7, 11) is 0. The van der Waals surface area contributed by atoms with E-state index in [0.29, 0.717) is 14.5 Å². The molecule has 1 heterocycles. The summed E-state index contributed by atoms with van der Waals surface area (Å²) >= 11 is 0.405. The van der Waals surface area contributed by atoms with Crippen molar-refractivity contribution in [1.29, 1.82) is 0 Å². The Morgan fingerprint density at radius 1 is 0.944 bits per heavy atom. The molecule has 0 saturated carbocycles. The molecule has 2 aromatic rings. The molecule has 18 heavy (non-hydrogen) atoms. The molecule has 0 radical (unpaired) electrons. The predicted octanol–water partition coefficient (Wildman–Crippen LogP) is 3.25. The molecule has 0 aliphatic carbocycles. The van der Waals surface area contributed by atoms with Gasteiger partial charge in [0, 0.05) is 0 Å². The van der Waals surface area contributed by atoms with Gasteiger partial charge in [0.2, 0.25) is 0 Å². The Morgan fingerprint density at radius 3 is 2.50 bits per heavy atom. The minimum atomic E-state index is 0.405. The summed E-state index contributed by atoms with van der Waals surface area (Å²) in [5, 5.41) is 8.69. The van der Waals surface area contributed by atoms with Gasteiger partial charge in [-0.1, -0.05) is 0 Å². The van der Waals surface area contributed by atoms with Gasteiger partial charge in [0.05, 0.1) is 0 Å². The van der Waals surface area contributed by atoms with Crippen LogP contribution >= 0.6 is 0 Å². The molecule has 2 rings (SSSR count). The Balaban J connectivity index is 1.83. The van der Waals surface area contributed by atoms with Crippen LogP contribution in [-0.2, 0) is 12.8 Å². The first-order chi connectivity index (χ1) is 8.88. The van der Waals surface area contributed by atoms with Crippen LogP contribution in [0.5, 0.6) is 0 Å². The van der Waals surface area contributed by atoms with Gasteiger partial charge in [0.15, 0.2) is 0 Å². The second-order valence-corrected chi connectivity index (χ2v) is 6.97. The first-order valence-corrected chi connectivity index (χ1v) is 8.45. The van der Waals surface area contributed by atoms with Crippen molar-refractivity contribution in [3.63, 3.8) is 0 Å². The number of nitrogens with zero attached hydrogens (tertiary/aromatic N) is 2. The number of rotatable bonds is 7.